The predicted octanol–water partition coefficient (Wildman–Crippen LogP) is 3.57. The van der Waals surface area contributed by atoms with Gasteiger partial charge in [0.1, 0.15) is 11.6 Å². The monoisotopic (exact) mass is 221 g/mol. The van der Waals surface area contributed by atoms with Gasteiger partial charge < -0.3 is 4.57 Å². The van der Waals surface area contributed by atoms with E-state index in [-0.39, 0.29) is 6.04 Å². The van der Waals surface area contributed by atoms with Gasteiger partial charge in [0.05, 0.1) is 0 Å². The van der Waals surface area contributed by atoms with Crippen LogP contribution in [0, 0.1) is 11.6 Å². The van der Waals surface area contributed by atoms with Gasteiger partial charge in [-0.1, -0.05) is 6.07 Å². The molecule has 0 aliphatic rings. The summed E-state index contributed by atoms with van der Waals surface area (Å²) in [5.41, 5.74) is 0.544. The Bertz CT molecular complexity index is 463. The molecule has 16 heavy (non-hydrogen) atoms. The lowest BCUT2D eigenvalue weighted by atomic mass is 10.1. The summed E-state index contributed by atoms with van der Waals surface area (Å²) in [6.07, 6.45) is 4.43. The average molecular weight is 221 g/mol. The minimum absolute atomic E-state index is 0.162. The number of halogens is 2. The van der Waals surface area contributed by atoms with Crippen molar-refractivity contribution >= 4 is 0 Å². The number of hydrogen-bond donors (Lipinski definition) is 0. The molecule has 0 saturated carbocycles. The normalized spacial score (nSPS) is 12.7. The highest BCUT2D eigenvalue weighted by Gasteiger charge is 2.09. The Kier molecular flexibility index (Phi) is 3.04. The molecular formula is C13H13F2N. The zero-order valence-electron chi connectivity index (χ0n) is 9.03. The van der Waals surface area contributed by atoms with E-state index in [1.54, 1.807) is 0 Å². The fraction of sp³-hybridized carbons (Fsp3) is 0.231. The number of aromatic nitrogens is 1. The van der Waals surface area contributed by atoms with Gasteiger partial charge in [-0.05, 0) is 37.1 Å². The summed E-state index contributed by atoms with van der Waals surface area (Å²) in [4.78, 5) is 0. The van der Waals surface area contributed by atoms with E-state index >= 15 is 0 Å². The lowest BCUT2D eigenvalue weighted by molar-refractivity contribution is 0.517. The molecular weight excluding hydrogens is 208 g/mol. The van der Waals surface area contributed by atoms with E-state index in [2.05, 4.69) is 0 Å². The molecule has 0 spiro atoms. The zero-order chi connectivity index (χ0) is 11.5. The predicted molar refractivity (Wildman–Crippen MR) is 59.2 cm³/mol. The van der Waals surface area contributed by atoms with Crippen LogP contribution in [-0.4, -0.2) is 4.57 Å². The summed E-state index contributed by atoms with van der Waals surface area (Å²) in [6, 6.07) is 7.74. The van der Waals surface area contributed by atoms with Crippen LogP contribution in [0.15, 0.2) is 42.7 Å². The van der Waals surface area contributed by atoms with Gasteiger partial charge in [0.2, 0.25) is 0 Å². The molecule has 0 aliphatic heterocycles. The SMILES string of the molecule is CC(Cc1ccc(F)cc1F)n1cccc1. The molecule has 2 aromatic rings. The molecule has 2 rings (SSSR count). The first-order chi connectivity index (χ1) is 7.66. The topological polar surface area (TPSA) is 4.93 Å². The van der Waals surface area contributed by atoms with Crippen molar-refractivity contribution in [3.63, 3.8) is 0 Å². The Morgan fingerprint density at radius 2 is 1.88 bits per heavy atom. The summed E-state index contributed by atoms with van der Waals surface area (Å²) >= 11 is 0. The standard InChI is InChI=1S/C13H13F2N/c1-10(16-6-2-3-7-16)8-11-4-5-12(14)9-13(11)15/h2-7,9-10H,8H2,1H3. The molecule has 1 heterocycles. The molecule has 0 bridgehead atoms. The van der Waals surface area contributed by atoms with Gasteiger partial charge >= 0.3 is 0 Å². The molecule has 1 nitrogen and oxygen atoms in total. The summed E-state index contributed by atoms with van der Waals surface area (Å²) in [5, 5.41) is 0. The van der Waals surface area contributed by atoms with Crippen molar-refractivity contribution in [2.75, 3.05) is 0 Å². The molecule has 1 aromatic carbocycles. The molecule has 0 aliphatic carbocycles. The summed E-state index contributed by atoms with van der Waals surface area (Å²) in [6.45, 7) is 2.00. The van der Waals surface area contributed by atoms with Crippen molar-refractivity contribution in [2.45, 2.75) is 19.4 Å². The second-order valence-corrected chi connectivity index (χ2v) is 3.92. The maximum atomic E-state index is 13.4. The second-order valence-electron chi connectivity index (χ2n) is 3.92. The van der Waals surface area contributed by atoms with Crippen molar-refractivity contribution in [3.8, 4) is 0 Å². The van der Waals surface area contributed by atoms with Crippen molar-refractivity contribution < 1.29 is 8.78 Å². The fourth-order valence-corrected chi connectivity index (χ4v) is 1.75. The van der Waals surface area contributed by atoms with Crippen molar-refractivity contribution in [3.05, 3.63) is 59.9 Å². The van der Waals surface area contributed by atoms with Crippen molar-refractivity contribution in [1.82, 2.24) is 4.57 Å². The van der Waals surface area contributed by atoms with Crippen molar-refractivity contribution in [2.24, 2.45) is 0 Å². The number of rotatable bonds is 3. The lowest BCUT2D eigenvalue weighted by Gasteiger charge is -2.14. The van der Waals surface area contributed by atoms with E-state index in [1.165, 1.54) is 12.1 Å². The Hall–Kier alpha value is -1.64. The molecule has 0 saturated heterocycles. The van der Waals surface area contributed by atoms with E-state index < -0.39 is 11.6 Å². The van der Waals surface area contributed by atoms with Gasteiger partial charge in [0.25, 0.3) is 0 Å². The van der Waals surface area contributed by atoms with Crippen LogP contribution in [0.1, 0.15) is 18.5 Å². The maximum Gasteiger partial charge on any atom is 0.129 e. The molecule has 0 N–H and O–H groups in total. The minimum atomic E-state index is -0.533. The van der Waals surface area contributed by atoms with Crippen LogP contribution in [0.2, 0.25) is 0 Å². The van der Waals surface area contributed by atoms with Gasteiger partial charge in [-0.2, -0.15) is 0 Å². The van der Waals surface area contributed by atoms with Crippen LogP contribution in [0.25, 0.3) is 0 Å². The smallest absolute Gasteiger partial charge is 0.129 e. The summed E-state index contributed by atoms with van der Waals surface area (Å²) < 4.78 is 28.1. The van der Waals surface area contributed by atoms with E-state index in [0.717, 1.165) is 6.07 Å². The zero-order valence-corrected chi connectivity index (χ0v) is 9.03. The molecule has 3 heteroatoms. The van der Waals surface area contributed by atoms with Crippen LogP contribution < -0.4 is 0 Å². The van der Waals surface area contributed by atoms with Crippen LogP contribution >= 0.6 is 0 Å². The third kappa shape index (κ3) is 2.30. The number of benzene rings is 1. The largest absolute Gasteiger partial charge is 0.351 e. The molecule has 0 amide bonds. The molecule has 0 radical (unpaired) electrons. The fourth-order valence-electron chi connectivity index (χ4n) is 1.75. The minimum Gasteiger partial charge on any atom is -0.351 e. The van der Waals surface area contributed by atoms with Gasteiger partial charge in [-0.15, -0.1) is 0 Å². The third-order valence-corrected chi connectivity index (χ3v) is 2.67. The van der Waals surface area contributed by atoms with E-state index in [9.17, 15) is 8.78 Å². The molecule has 1 unspecified atom stereocenters. The first kappa shape index (κ1) is 10.9. The second kappa shape index (κ2) is 4.47. The van der Waals surface area contributed by atoms with Gasteiger partial charge in [-0.3, -0.25) is 0 Å². The Labute approximate surface area is 93.3 Å². The highest BCUT2D eigenvalue weighted by Crippen LogP contribution is 2.17. The first-order valence-corrected chi connectivity index (χ1v) is 5.23. The average Bonchev–Trinajstić information content (AvgIpc) is 2.75. The van der Waals surface area contributed by atoms with Gasteiger partial charge in [0, 0.05) is 24.5 Å². The molecule has 1 aromatic heterocycles. The maximum absolute atomic E-state index is 13.4. The van der Waals surface area contributed by atoms with Crippen LogP contribution in [0.4, 0.5) is 8.78 Å². The van der Waals surface area contributed by atoms with E-state index in [1.807, 2.05) is 36.0 Å². The molecule has 1 atom stereocenters. The van der Waals surface area contributed by atoms with Gasteiger partial charge in [0.15, 0.2) is 0 Å². The molecule has 84 valence electrons. The highest BCUT2D eigenvalue weighted by molar-refractivity contribution is 5.19. The molecule has 0 fully saturated rings. The number of hydrogen-bond acceptors (Lipinski definition) is 0. The van der Waals surface area contributed by atoms with E-state index in [0.29, 0.717) is 12.0 Å². The summed E-state index contributed by atoms with van der Waals surface area (Å²) in [5.74, 6) is -1.01. The Balaban J connectivity index is 2.15. The Morgan fingerprint density at radius 3 is 2.50 bits per heavy atom. The van der Waals surface area contributed by atoms with Crippen molar-refractivity contribution in [1.29, 1.82) is 0 Å². The third-order valence-electron chi connectivity index (χ3n) is 2.67. The van der Waals surface area contributed by atoms with Crippen LogP contribution in [0.5, 0.6) is 0 Å². The highest BCUT2D eigenvalue weighted by atomic mass is 19.1. The van der Waals surface area contributed by atoms with Crippen LogP contribution in [0.3, 0.4) is 0 Å². The first-order valence-electron chi connectivity index (χ1n) is 5.23. The number of nitrogens with zero attached hydrogens (tertiary/aromatic N) is 1. The Morgan fingerprint density at radius 1 is 1.19 bits per heavy atom. The summed E-state index contributed by atoms with van der Waals surface area (Å²) in [7, 11) is 0. The van der Waals surface area contributed by atoms with Crippen LogP contribution in [-0.2, 0) is 6.42 Å². The quantitative estimate of drug-likeness (QED) is 0.746. The lowest BCUT2D eigenvalue weighted by Crippen LogP contribution is -2.07. The van der Waals surface area contributed by atoms with Gasteiger partial charge in [-0.25, -0.2) is 8.78 Å². The van der Waals surface area contributed by atoms with E-state index in [4.69, 9.17) is 0 Å².